The number of piperidine rings is 1. The number of hydrogen-bond acceptors (Lipinski definition) is 2. The van der Waals surface area contributed by atoms with Crippen molar-refractivity contribution in [1.82, 2.24) is 20.4 Å². The zero-order valence-corrected chi connectivity index (χ0v) is 15.4. The van der Waals surface area contributed by atoms with Gasteiger partial charge in [0.05, 0.1) is 6.04 Å². The highest BCUT2D eigenvalue weighted by Gasteiger charge is 2.39. The summed E-state index contributed by atoms with van der Waals surface area (Å²) >= 11 is 0. The van der Waals surface area contributed by atoms with E-state index in [4.69, 9.17) is 0 Å². The number of rotatable bonds is 4. The van der Waals surface area contributed by atoms with Gasteiger partial charge in [0.2, 0.25) is 0 Å². The molecule has 7 heteroatoms. The first-order valence-corrected chi connectivity index (χ1v) is 9.27. The van der Waals surface area contributed by atoms with Gasteiger partial charge in [-0.25, -0.2) is 14.0 Å². The van der Waals surface area contributed by atoms with Gasteiger partial charge in [-0.1, -0.05) is 12.1 Å². The van der Waals surface area contributed by atoms with E-state index in [2.05, 4.69) is 10.6 Å². The lowest BCUT2D eigenvalue weighted by atomic mass is 10.0. The molecule has 26 heavy (non-hydrogen) atoms. The normalized spacial score (nSPS) is 19.8. The van der Waals surface area contributed by atoms with Crippen LogP contribution in [0.4, 0.5) is 14.0 Å². The lowest BCUT2D eigenvalue weighted by Crippen LogP contribution is -2.55. The molecule has 1 aliphatic carbocycles. The Bertz CT molecular complexity index is 678. The van der Waals surface area contributed by atoms with Gasteiger partial charge >= 0.3 is 12.1 Å². The van der Waals surface area contributed by atoms with Crippen LogP contribution in [0.25, 0.3) is 0 Å². The van der Waals surface area contributed by atoms with E-state index in [0.29, 0.717) is 24.7 Å². The average Bonchev–Trinajstić information content (AvgIpc) is 3.46. The fourth-order valence-electron chi connectivity index (χ4n) is 3.56. The number of hydrogen-bond donors (Lipinski definition) is 2. The van der Waals surface area contributed by atoms with Gasteiger partial charge in [0.1, 0.15) is 5.82 Å². The van der Waals surface area contributed by atoms with Crippen molar-refractivity contribution in [2.24, 2.45) is 0 Å². The summed E-state index contributed by atoms with van der Waals surface area (Å²) in [4.78, 5) is 28.4. The zero-order chi connectivity index (χ0) is 18.7. The maximum absolute atomic E-state index is 13.9. The molecule has 4 amide bonds. The highest BCUT2D eigenvalue weighted by atomic mass is 19.1. The zero-order valence-electron chi connectivity index (χ0n) is 15.4. The third-order valence-corrected chi connectivity index (χ3v) is 5.10. The maximum Gasteiger partial charge on any atom is 0.317 e. The molecular formula is C19H27FN4O2. The molecule has 0 radical (unpaired) electrons. The second-order valence-electron chi connectivity index (χ2n) is 7.19. The first kappa shape index (κ1) is 18.5. The summed E-state index contributed by atoms with van der Waals surface area (Å²) in [7, 11) is 1.64. The standard InChI is InChI=1S/C19H27FN4O2/c1-13-5-6-14(17(20)10-13)11-22-19(26)23-9-3-4-16(12-23)24(15-7-8-15)18(25)21-2/h5-6,10,15-16H,3-4,7-9,11-12H2,1-2H3,(H,21,25)(H,22,26)/t16-/m1/s1. The lowest BCUT2D eigenvalue weighted by Gasteiger charge is -2.39. The van der Waals surface area contributed by atoms with Crippen molar-refractivity contribution in [2.75, 3.05) is 20.1 Å². The molecule has 6 nitrogen and oxygen atoms in total. The number of benzene rings is 1. The van der Waals surface area contributed by atoms with E-state index in [1.807, 2.05) is 17.9 Å². The van der Waals surface area contributed by atoms with E-state index in [1.165, 1.54) is 6.07 Å². The van der Waals surface area contributed by atoms with Crippen LogP contribution in [-0.4, -0.2) is 54.1 Å². The molecule has 0 bridgehead atoms. The summed E-state index contributed by atoms with van der Waals surface area (Å²) in [5, 5.41) is 5.52. The van der Waals surface area contributed by atoms with Gasteiger partial charge in [-0.2, -0.15) is 0 Å². The summed E-state index contributed by atoms with van der Waals surface area (Å²) in [6, 6.07) is 5.06. The number of urea groups is 2. The Balaban J connectivity index is 1.58. The van der Waals surface area contributed by atoms with E-state index in [9.17, 15) is 14.0 Å². The number of aryl methyl sites for hydroxylation is 1. The smallest absolute Gasteiger partial charge is 0.317 e. The minimum atomic E-state index is -0.304. The lowest BCUT2D eigenvalue weighted by molar-refractivity contribution is 0.116. The molecular weight excluding hydrogens is 335 g/mol. The Kier molecular flexibility index (Phi) is 5.64. The van der Waals surface area contributed by atoms with Crippen LogP contribution < -0.4 is 10.6 Å². The average molecular weight is 362 g/mol. The van der Waals surface area contributed by atoms with E-state index >= 15 is 0 Å². The Hall–Kier alpha value is -2.31. The summed E-state index contributed by atoms with van der Waals surface area (Å²) in [5.74, 6) is -0.304. The van der Waals surface area contributed by atoms with Gasteiger partial charge in [-0.05, 0) is 44.2 Å². The molecule has 2 aliphatic rings. The number of halogens is 1. The number of carbonyl (C=O) groups is 2. The van der Waals surface area contributed by atoms with Crippen LogP contribution in [0, 0.1) is 12.7 Å². The predicted molar refractivity (Wildman–Crippen MR) is 97.3 cm³/mol. The molecule has 1 aliphatic heterocycles. The SMILES string of the molecule is CNC(=O)N(C1CC1)[C@@H]1CCCN(C(=O)NCc2ccc(C)cc2F)C1. The molecule has 1 saturated heterocycles. The van der Waals surface area contributed by atoms with Gasteiger partial charge in [-0.3, -0.25) is 0 Å². The third kappa shape index (κ3) is 4.26. The molecule has 2 N–H and O–H groups in total. The van der Waals surface area contributed by atoms with Crippen LogP contribution in [0.3, 0.4) is 0 Å². The van der Waals surface area contributed by atoms with Crippen molar-refractivity contribution >= 4 is 12.1 Å². The van der Waals surface area contributed by atoms with Crippen molar-refractivity contribution in [2.45, 2.75) is 51.2 Å². The summed E-state index contributed by atoms with van der Waals surface area (Å²) in [6.07, 6.45) is 3.82. The van der Waals surface area contributed by atoms with Crippen LogP contribution in [0.1, 0.15) is 36.8 Å². The molecule has 1 aromatic carbocycles. The largest absolute Gasteiger partial charge is 0.341 e. The van der Waals surface area contributed by atoms with Crippen molar-refractivity contribution in [1.29, 1.82) is 0 Å². The van der Waals surface area contributed by atoms with E-state index in [1.54, 1.807) is 18.0 Å². The van der Waals surface area contributed by atoms with E-state index in [-0.39, 0.29) is 30.5 Å². The second kappa shape index (κ2) is 7.93. The summed E-state index contributed by atoms with van der Waals surface area (Å²) < 4.78 is 13.9. The fourth-order valence-corrected chi connectivity index (χ4v) is 3.56. The molecule has 2 fully saturated rings. The molecule has 142 valence electrons. The number of nitrogens with one attached hydrogen (secondary N) is 2. The van der Waals surface area contributed by atoms with Crippen LogP contribution in [0.2, 0.25) is 0 Å². The predicted octanol–water partition coefficient (Wildman–Crippen LogP) is 2.61. The van der Waals surface area contributed by atoms with Gasteiger partial charge in [0.15, 0.2) is 0 Å². The Labute approximate surface area is 153 Å². The molecule has 1 heterocycles. The quantitative estimate of drug-likeness (QED) is 0.865. The molecule has 0 unspecified atom stereocenters. The number of carbonyl (C=O) groups excluding carboxylic acids is 2. The first-order valence-electron chi connectivity index (χ1n) is 9.27. The molecule has 0 aromatic heterocycles. The topological polar surface area (TPSA) is 64.7 Å². The summed E-state index contributed by atoms with van der Waals surface area (Å²) in [5.41, 5.74) is 1.33. The fraction of sp³-hybridized carbons (Fsp3) is 0.579. The Morgan fingerprint density at radius 1 is 1.27 bits per heavy atom. The number of amides is 4. The molecule has 1 atom stereocenters. The van der Waals surface area contributed by atoms with Crippen LogP contribution in [0.15, 0.2) is 18.2 Å². The molecule has 0 spiro atoms. The third-order valence-electron chi connectivity index (χ3n) is 5.10. The first-order chi connectivity index (χ1) is 12.5. The van der Waals surface area contributed by atoms with Crippen molar-refractivity contribution < 1.29 is 14.0 Å². The monoisotopic (exact) mass is 362 g/mol. The number of nitrogens with zero attached hydrogens (tertiary/aromatic N) is 2. The van der Waals surface area contributed by atoms with E-state index in [0.717, 1.165) is 31.2 Å². The van der Waals surface area contributed by atoms with Crippen LogP contribution in [0.5, 0.6) is 0 Å². The molecule has 3 rings (SSSR count). The van der Waals surface area contributed by atoms with Gasteiger partial charge in [-0.15, -0.1) is 0 Å². The number of likely N-dealkylation sites (tertiary alicyclic amines) is 1. The minimum absolute atomic E-state index is 0.0399. The van der Waals surface area contributed by atoms with Crippen molar-refractivity contribution in [3.05, 3.63) is 35.1 Å². The van der Waals surface area contributed by atoms with Gasteiger partial charge < -0.3 is 20.4 Å². The maximum atomic E-state index is 13.9. The minimum Gasteiger partial charge on any atom is -0.341 e. The van der Waals surface area contributed by atoms with Crippen LogP contribution in [-0.2, 0) is 6.54 Å². The highest BCUT2D eigenvalue weighted by Crippen LogP contribution is 2.31. The second-order valence-corrected chi connectivity index (χ2v) is 7.19. The van der Waals surface area contributed by atoms with Crippen LogP contribution >= 0.6 is 0 Å². The summed E-state index contributed by atoms with van der Waals surface area (Å²) in [6.45, 7) is 3.17. The molecule has 1 saturated carbocycles. The Morgan fingerprint density at radius 3 is 2.69 bits per heavy atom. The van der Waals surface area contributed by atoms with Gasteiger partial charge in [0, 0.05) is 38.3 Å². The highest BCUT2D eigenvalue weighted by molar-refractivity contribution is 5.76. The van der Waals surface area contributed by atoms with Crippen molar-refractivity contribution in [3.63, 3.8) is 0 Å². The Morgan fingerprint density at radius 2 is 2.04 bits per heavy atom. The van der Waals surface area contributed by atoms with Gasteiger partial charge in [0.25, 0.3) is 0 Å². The molecule has 1 aromatic rings. The van der Waals surface area contributed by atoms with E-state index < -0.39 is 0 Å². The van der Waals surface area contributed by atoms with Crippen molar-refractivity contribution in [3.8, 4) is 0 Å².